The summed E-state index contributed by atoms with van der Waals surface area (Å²) >= 11 is 6.11. The molecular weight excluding hydrogens is 300 g/mol. The van der Waals surface area contributed by atoms with Gasteiger partial charge in [-0.25, -0.2) is 4.98 Å². The highest BCUT2D eigenvalue weighted by Gasteiger charge is 2.24. The Labute approximate surface area is 131 Å². The van der Waals surface area contributed by atoms with Crippen LogP contribution in [0.1, 0.15) is 21.9 Å². The van der Waals surface area contributed by atoms with Gasteiger partial charge in [0.05, 0.1) is 10.5 Å². The number of benzene rings is 1. The van der Waals surface area contributed by atoms with E-state index in [1.165, 1.54) is 0 Å². The number of fused-ring (bicyclic) bond motifs is 2. The molecule has 2 aromatic heterocycles. The number of carbonyl (C=O) groups excluding carboxylic acids is 1. The molecule has 1 aliphatic rings. The minimum Gasteiger partial charge on any atom is -0.334 e. The predicted octanol–water partition coefficient (Wildman–Crippen LogP) is 2.81. The van der Waals surface area contributed by atoms with Crippen LogP contribution in [0.5, 0.6) is 0 Å². The van der Waals surface area contributed by atoms with E-state index in [2.05, 4.69) is 15.0 Å². The number of carbonyl (C=O) groups is 1. The number of H-pyrrole nitrogens is 1. The number of imidazole rings is 1. The quantitative estimate of drug-likeness (QED) is 0.751. The number of aromatic nitrogens is 3. The first-order valence-corrected chi connectivity index (χ1v) is 7.46. The second-order valence-corrected chi connectivity index (χ2v) is 5.71. The van der Waals surface area contributed by atoms with E-state index in [0.29, 0.717) is 29.5 Å². The standard InChI is InChI=1S/C16H13ClN4O/c17-11-4-1-5-13-14(11)20-15(19-13)16(22)21-8-6-12-10(9-21)3-2-7-18-12/h1-5,7H,6,8-9H2,(H,19,20). The number of pyridine rings is 1. The predicted molar refractivity (Wildman–Crippen MR) is 83.8 cm³/mol. The van der Waals surface area contributed by atoms with Crippen LogP contribution < -0.4 is 0 Å². The minimum atomic E-state index is -0.109. The Hall–Kier alpha value is -2.40. The zero-order chi connectivity index (χ0) is 15.1. The van der Waals surface area contributed by atoms with Gasteiger partial charge in [0.15, 0.2) is 5.82 Å². The van der Waals surface area contributed by atoms with Crippen LogP contribution in [0.4, 0.5) is 0 Å². The zero-order valence-electron chi connectivity index (χ0n) is 11.7. The average Bonchev–Trinajstić information content (AvgIpc) is 2.99. The molecule has 0 saturated heterocycles. The first-order valence-electron chi connectivity index (χ1n) is 7.08. The van der Waals surface area contributed by atoms with Gasteiger partial charge >= 0.3 is 0 Å². The Kier molecular flexibility index (Phi) is 3.08. The lowest BCUT2D eigenvalue weighted by Crippen LogP contribution is -2.36. The molecule has 0 unspecified atom stereocenters. The molecule has 4 rings (SSSR count). The fraction of sp³-hybridized carbons (Fsp3) is 0.188. The molecule has 0 atom stereocenters. The lowest BCUT2D eigenvalue weighted by Gasteiger charge is -2.27. The molecule has 1 aliphatic heterocycles. The molecule has 0 radical (unpaired) electrons. The van der Waals surface area contributed by atoms with Gasteiger partial charge in [0, 0.05) is 31.4 Å². The molecule has 22 heavy (non-hydrogen) atoms. The van der Waals surface area contributed by atoms with Gasteiger partial charge in [-0.1, -0.05) is 23.7 Å². The first-order chi connectivity index (χ1) is 10.7. The van der Waals surface area contributed by atoms with Gasteiger partial charge < -0.3 is 9.88 Å². The van der Waals surface area contributed by atoms with Crippen LogP contribution in [0, 0.1) is 0 Å². The maximum atomic E-state index is 12.7. The van der Waals surface area contributed by atoms with Gasteiger partial charge in [-0.15, -0.1) is 0 Å². The molecule has 1 aromatic carbocycles. The SMILES string of the molecule is O=C(c1nc2c(Cl)cccc2[nH]1)N1CCc2ncccc2C1. The van der Waals surface area contributed by atoms with E-state index in [-0.39, 0.29) is 5.91 Å². The summed E-state index contributed by atoms with van der Waals surface area (Å²) in [5, 5.41) is 0.543. The fourth-order valence-electron chi connectivity index (χ4n) is 2.79. The summed E-state index contributed by atoms with van der Waals surface area (Å²) in [5.74, 6) is 0.220. The second-order valence-electron chi connectivity index (χ2n) is 5.31. The highest BCUT2D eigenvalue weighted by molar-refractivity contribution is 6.35. The molecule has 1 N–H and O–H groups in total. The highest BCUT2D eigenvalue weighted by atomic mass is 35.5. The van der Waals surface area contributed by atoms with Crippen LogP contribution in [0.2, 0.25) is 5.02 Å². The van der Waals surface area contributed by atoms with E-state index in [1.54, 1.807) is 17.2 Å². The van der Waals surface area contributed by atoms with Gasteiger partial charge in [-0.3, -0.25) is 9.78 Å². The summed E-state index contributed by atoms with van der Waals surface area (Å²) in [6.07, 6.45) is 2.56. The summed E-state index contributed by atoms with van der Waals surface area (Å²) in [4.78, 5) is 26.2. The molecule has 0 aliphatic carbocycles. The molecule has 0 spiro atoms. The van der Waals surface area contributed by atoms with Crippen molar-refractivity contribution in [2.75, 3.05) is 6.54 Å². The van der Waals surface area contributed by atoms with Crippen LogP contribution in [-0.2, 0) is 13.0 Å². The average molecular weight is 313 g/mol. The topological polar surface area (TPSA) is 61.9 Å². The number of nitrogens with one attached hydrogen (secondary N) is 1. The van der Waals surface area contributed by atoms with Gasteiger partial charge in [-0.05, 0) is 23.8 Å². The van der Waals surface area contributed by atoms with E-state index >= 15 is 0 Å². The number of hydrogen-bond acceptors (Lipinski definition) is 3. The third-order valence-corrected chi connectivity index (χ3v) is 4.22. The summed E-state index contributed by atoms with van der Waals surface area (Å²) < 4.78 is 0. The molecule has 3 aromatic rings. The summed E-state index contributed by atoms with van der Waals surface area (Å²) in [6, 6.07) is 9.37. The molecule has 5 nitrogen and oxygen atoms in total. The van der Waals surface area contributed by atoms with Gasteiger partial charge in [0.25, 0.3) is 5.91 Å². The van der Waals surface area contributed by atoms with Crippen molar-refractivity contribution in [1.29, 1.82) is 0 Å². The van der Waals surface area contributed by atoms with Crippen molar-refractivity contribution in [3.63, 3.8) is 0 Å². The van der Waals surface area contributed by atoms with Crippen LogP contribution in [0.15, 0.2) is 36.5 Å². The number of rotatable bonds is 1. The molecular formula is C16H13ClN4O. The maximum absolute atomic E-state index is 12.7. The molecule has 0 bridgehead atoms. The Balaban J connectivity index is 1.65. The van der Waals surface area contributed by atoms with Gasteiger partial charge in [0.2, 0.25) is 0 Å². The number of amides is 1. The summed E-state index contributed by atoms with van der Waals surface area (Å²) in [7, 11) is 0. The first kappa shape index (κ1) is 13.3. The Bertz CT molecular complexity index is 873. The molecule has 0 saturated carbocycles. The highest BCUT2D eigenvalue weighted by Crippen LogP contribution is 2.23. The summed E-state index contributed by atoms with van der Waals surface area (Å²) in [5.41, 5.74) is 3.57. The van der Waals surface area contributed by atoms with Crippen LogP contribution in [0.3, 0.4) is 0 Å². The van der Waals surface area contributed by atoms with E-state index in [1.807, 2.05) is 24.3 Å². The van der Waals surface area contributed by atoms with Crippen molar-refractivity contribution in [3.8, 4) is 0 Å². The van der Waals surface area contributed by atoms with E-state index in [4.69, 9.17) is 11.6 Å². The minimum absolute atomic E-state index is 0.109. The third-order valence-electron chi connectivity index (χ3n) is 3.92. The zero-order valence-corrected chi connectivity index (χ0v) is 12.5. The van der Waals surface area contributed by atoms with Crippen molar-refractivity contribution in [2.24, 2.45) is 0 Å². The number of aromatic amines is 1. The fourth-order valence-corrected chi connectivity index (χ4v) is 3.00. The van der Waals surface area contributed by atoms with E-state index in [9.17, 15) is 4.79 Å². The maximum Gasteiger partial charge on any atom is 0.289 e. The third kappa shape index (κ3) is 2.14. The van der Waals surface area contributed by atoms with E-state index in [0.717, 1.165) is 23.2 Å². The number of para-hydroxylation sites is 1. The summed E-state index contributed by atoms with van der Waals surface area (Å²) in [6.45, 7) is 1.21. The Morgan fingerprint density at radius 1 is 1.27 bits per heavy atom. The van der Waals surface area contributed by atoms with Crippen molar-refractivity contribution >= 4 is 28.5 Å². The van der Waals surface area contributed by atoms with Crippen LogP contribution in [0.25, 0.3) is 11.0 Å². The molecule has 6 heteroatoms. The smallest absolute Gasteiger partial charge is 0.289 e. The molecule has 1 amide bonds. The largest absolute Gasteiger partial charge is 0.334 e. The van der Waals surface area contributed by atoms with Crippen LogP contribution >= 0.6 is 11.6 Å². The van der Waals surface area contributed by atoms with Crippen molar-refractivity contribution in [1.82, 2.24) is 19.9 Å². The molecule has 110 valence electrons. The lowest BCUT2D eigenvalue weighted by molar-refractivity contribution is 0.0722. The normalized spacial score (nSPS) is 14.1. The van der Waals surface area contributed by atoms with Crippen molar-refractivity contribution < 1.29 is 4.79 Å². The van der Waals surface area contributed by atoms with E-state index < -0.39 is 0 Å². The number of hydrogen-bond donors (Lipinski definition) is 1. The monoisotopic (exact) mass is 312 g/mol. The second kappa shape index (κ2) is 5.10. The van der Waals surface area contributed by atoms with Crippen molar-refractivity contribution in [2.45, 2.75) is 13.0 Å². The molecule has 3 heterocycles. The van der Waals surface area contributed by atoms with Gasteiger partial charge in [0.1, 0.15) is 5.52 Å². The lowest BCUT2D eigenvalue weighted by atomic mass is 10.1. The number of nitrogens with zero attached hydrogens (tertiary/aromatic N) is 3. The Morgan fingerprint density at radius 3 is 3.05 bits per heavy atom. The van der Waals surface area contributed by atoms with Gasteiger partial charge in [-0.2, -0.15) is 0 Å². The Morgan fingerprint density at radius 2 is 2.18 bits per heavy atom. The van der Waals surface area contributed by atoms with Crippen molar-refractivity contribution in [3.05, 3.63) is 58.6 Å². The van der Waals surface area contributed by atoms with Crippen LogP contribution in [-0.4, -0.2) is 32.3 Å². The molecule has 0 fully saturated rings. The number of halogens is 1.